The van der Waals surface area contributed by atoms with Crippen molar-refractivity contribution in [3.63, 3.8) is 0 Å². The molecule has 0 aliphatic carbocycles. The van der Waals surface area contributed by atoms with Crippen LogP contribution in [0.25, 0.3) is 5.69 Å². The van der Waals surface area contributed by atoms with Crippen LogP contribution in [0.3, 0.4) is 0 Å². The minimum Gasteiger partial charge on any atom is -1.00 e. The summed E-state index contributed by atoms with van der Waals surface area (Å²) in [5.41, 5.74) is 2.11. The molecule has 2 aromatic carbocycles. The molecule has 0 unspecified atom stereocenters. The monoisotopic (exact) mass is 420 g/mol. The van der Waals surface area contributed by atoms with Crippen molar-refractivity contribution in [3.8, 4) is 17.2 Å². The number of para-hydroxylation sites is 1. The number of methoxy groups -OCH3 is 1. The summed E-state index contributed by atoms with van der Waals surface area (Å²) in [6, 6.07) is 15.9. The summed E-state index contributed by atoms with van der Waals surface area (Å²) in [6.07, 6.45) is 0. The standard InChI is InChI=1S/C19H23N5O2S.ClH/c1-3-26-17-10-9-15(13-18(17)25-2)14-20-11-12-27-19-21-22-23-24(19)16-7-5-4-6-8-16;/h4-10,13,20H,3,11-12,14H2,1-2H3;1H/p-1. The van der Waals surface area contributed by atoms with Gasteiger partial charge in [0.2, 0.25) is 5.16 Å². The molecule has 1 N–H and O–H groups in total. The van der Waals surface area contributed by atoms with Gasteiger partial charge in [0.15, 0.2) is 11.5 Å². The molecule has 0 saturated carbocycles. The van der Waals surface area contributed by atoms with E-state index in [4.69, 9.17) is 9.47 Å². The van der Waals surface area contributed by atoms with Gasteiger partial charge in [-0.15, -0.1) is 5.10 Å². The number of rotatable bonds is 10. The Morgan fingerprint density at radius 3 is 2.68 bits per heavy atom. The lowest BCUT2D eigenvalue weighted by Crippen LogP contribution is -3.00. The van der Waals surface area contributed by atoms with Gasteiger partial charge in [-0.25, -0.2) is 0 Å². The van der Waals surface area contributed by atoms with E-state index < -0.39 is 0 Å². The molecular formula is C19H23ClN5O2S-. The van der Waals surface area contributed by atoms with Gasteiger partial charge >= 0.3 is 0 Å². The largest absolute Gasteiger partial charge is 1.00 e. The maximum atomic E-state index is 5.55. The molecule has 0 aliphatic rings. The van der Waals surface area contributed by atoms with E-state index in [2.05, 4.69) is 20.8 Å². The number of benzene rings is 2. The molecule has 0 spiro atoms. The summed E-state index contributed by atoms with van der Waals surface area (Å²) < 4.78 is 12.7. The molecule has 0 radical (unpaired) electrons. The smallest absolute Gasteiger partial charge is 0.214 e. The molecular weight excluding hydrogens is 398 g/mol. The second-order valence-electron chi connectivity index (χ2n) is 5.65. The first-order valence-corrected chi connectivity index (χ1v) is 9.77. The molecule has 0 aliphatic heterocycles. The summed E-state index contributed by atoms with van der Waals surface area (Å²) in [4.78, 5) is 0. The van der Waals surface area contributed by atoms with Crippen LogP contribution in [0.2, 0.25) is 0 Å². The molecule has 0 bridgehead atoms. The first-order chi connectivity index (χ1) is 13.3. The van der Waals surface area contributed by atoms with Crippen molar-refractivity contribution >= 4 is 11.8 Å². The number of tetrazole rings is 1. The first kappa shape index (κ1) is 22.0. The summed E-state index contributed by atoms with van der Waals surface area (Å²) in [5.74, 6) is 2.39. The summed E-state index contributed by atoms with van der Waals surface area (Å²) in [6.45, 7) is 4.17. The maximum Gasteiger partial charge on any atom is 0.214 e. The molecule has 3 rings (SSSR count). The third-order valence-electron chi connectivity index (χ3n) is 3.81. The van der Waals surface area contributed by atoms with Crippen LogP contribution in [0.4, 0.5) is 0 Å². The topological polar surface area (TPSA) is 74.1 Å². The Morgan fingerprint density at radius 2 is 1.93 bits per heavy atom. The van der Waals surface area contributed by atoms with E-state index in [-0.39, 0.29) is 12.4 Å². The van der Waals surface area contributed by atoms with Crippen molar-refractivity contribution in [2.75, 3.05) is 26.0 Å². The highest BCUT2D eigenvalue weighted by atomic mass is 35.5. The Balaban J connectivity index is 0.00000280. The van der Waals surface area contributed by atoms with Crippen LogP contribution in [0.5, 0.6) is 11.5 Å². The van der Waals surface area contributed by atoms with E-state index in [0.29, 0.717) is 6.61 Å². The number of hydrogen-bond donors (Lipinski definition) is 1. The van der Waals surface area contributed by atoms with Gasteiger partial charge in [-0.1, -0.05) is 36.0 Å². The van der Waals surface area contributed by atoms with Gasteiger partial charge in [0.1, 0.15) is 0 Å². The number of thioether (sulfide) groups is 1. The Morgan fingerprint density at radius 1 is 1.11 bits per heavy atom. The normalized spacial score (nSPS) is 10.4. The highest BCUT2D eigenvalue weighted by Gasteiger charge is 2.08. The molecule has 9 heteroatoms. The summed E-state index contributed by atoms with van der Waals surface area (Å²) >= 11 is 1.62. The van der Waals surface area contributed by atoms with Crippen LogP contribution >= 0.6 is 11.8 Å². The highest BCUT2D eigenvalue weighted by Crippen LogP contribution is 2.28. The predicted molar refractivity (Wildman–Crippen MR) is 106 cm³/mol. The van der Waals surface area contributed by atoms with Crippen LogP contribution in [0.15, 0.2) is 53.7 Å². The molecule has 0 atom stereocenters. The van der Waals surface area contributed by atoms with Crippen LogP contribution < -0.4 is 27.2 Å². The lowest BCUT2D eigenvalue weighted by atomic mass is 10.2. The van der Waals surface area contributed by atoms with Crippen LogP contribution in [-0.2, 0) is 6.54 Å². The van der Waals surface area contributed by atoms with Gasteiger partial charge in [0, 0.05) is 18.8 Å². The number of ether oxygens (including phenoxy) is 2. The Labute approximate surface area is 175 Å². The van der Waals surface area contributed by atoms with Crippen LogP contribution in [0, 0.1) is 0 Å². The zero-order valence-corrected chi connectivity index (χ0v) is 17.4. The second-order valence-corrected chi connectivity index (χ2v) is 6.71. The molecule has 0 amide bonds. The fourth-order valence-electron chi connectivity index (χ4n) is 2.54. The van der Waals surface area contributed by atoms with Crippen LogP contribution in [-0.4, -0.2) is 46.2 Å². The fraction of sp³-hybridized carbons (Fsp3) is 0.316. The third-order valence-corrected chi connectivity index (χ3v) is 4.73. The third kappa shape index (κ3) is 5.85. The molecule has 1 heterocycles. The number of nitrogens with zero attached hydrogens (tertiary/aromatic N) is 4. The van der Waals surface area contributed by atoms with Gasteiger partial charge in [0.05, 0.1) is 19.4 Å². The van der Waals surface area contributed by atoms with Crippen molar-refractivity contribution in [1.82, 2.24) is 25.5 Å². The van der Waals surface area contributed by atoms with Crippen molar-refractivity contribution in [2.45, 2.75) is 18.6 Å². The average Bonchev–Trinajstić information content (AvgIpc) is 3.18. The molecule has 7 nitrogen and oxygen atoms in total. The molecule has 28 heavy (non-hydrogen) atoms. The zero-order chi connectivity index (χ0) is 18.9. The quantitative estimate of drug-likeness (QED) is 0.364. The lowest BCUT2D eigenvalue weighted by Gasteiger charge is -2.11. The Hall–Kier alpha value is -2.29. The summed E-state index contributed by atoms with van der Waals surface area (Å²) in [7, 11) is 1.66. The van der Waals surface area contributed by atoms with E-state index in [1.165, 1.54) is 0 Å². The van der Waals surface area contributed by atoms with Crippen molar-refractivity contribution < 1.29 is 21.9 Å². The van der Waals surface area contributed by atoms with E-state index in [0.717, 1.165) is 46.7 Å². The van der Waals surface area contributed by atoms with Gasteiger partial charge in [0.25, 0.3) is 0 Å². The number of hydrogen-bond acceptors (Lipinski definition) is 7. The first-order valence-electron chi connectivity index (χ1n) is 8.79. The maximum absolute atomic E-state index is 5.55. The zero-order valence-electron chi connectivity index (χ0n) is 15.8. The van der Waals surface area contributed by atoms with E-state index in [1.807, 2.05) is 55.5 Å². The minimum atomic E-state index is 0. The van der Waals surface area contributed by atoms with Gasteiger partial charge in [-0.05, 0) is 47.2 Å². The molecule has 0 saturated heterocycles. The Bertz CT molecular complexity index is 847. The number of aromatic nitrogens is 4. The lowest BCUT2D eigenvalue weighted by molar-refractivity contribution is -0.00000637. The Kier molecular flexibility index (Phi) is 9.06. The average molecular weight is 421 g/mol. The number of halogens is 1. The molecule has 150 valence electrons. The molecule has 0 fully saturated rings. The van der Waals surface area contributed by atoms with Gasteiger partial charge in [-0.3, -0.25) is 0 Å². The summed E-state index contributed by atoms with van der Waals surface area (Å²) in [5, 5.41) is 16.2. The van der Waals surface area contributed by atoms with E-state index in [1.54, 1.807) is 23.6 Å². The minimum absolute atomic E-state index is 0. The number of nitrogens with one attached hydrogen (secondary N) is 1. The van der Waals surface area contributed by atoms with Crippen molar-refractivity contribution in [1.29, 1.82) is 0 Å². The molecule has 1 aromatic heterocycles. The highest BCUT2D eigenvalue weighted by molar-refractivity contribution is 7.99. The predicted octanol–water partition coefficient (Wildman–Crippen LogP) is -0.0445. The van der Waals surface area contributed by atoms with E-state index in [9.17, 15) is 0 Å². The van der Waals surface area contributed by atoms with Gasteiger partial charge in [-0.2, -0.15) is 4.68 Å². The fourth-order valence-corrected chi connectivity index (χ4v) is 3.33. The van der Waals surface area contributed by atoms with Gasteiger partial charge < -0.3 is 27.2 Å². The van der Waals surface area contributed by atoms with Crippen LogP contribution in [0.1, 0.15) is 12.5 Å². The SMILES string of the molecule is CCOc1ccc(CNCCSc2nnnn2-c2ccccc2)cc1OC.[Cl-]. The van der Waals surface area contributed by atoms with Crippen molar-refractivity contribution in [3.05, 3.63) is 54.1 Å². The second kappa shape index (κ2) is 11.5. The van der Waals surface area contributed by atoms with E-state index >= 15 is 0 Å². The van der Waals surface area contributed by atoms with Crippen molar-refractivity contribution in [2.24, 2.45) is 0 Å². The molecule has 3 aromatic rings.